The first-order valence-corrected chi connectivity index (χ1v) is 3.24. The number of rotatable bonds is 1. The minimum absolute atomic E-state index is 0.141. The van der Waals surface area contributed by atoms with Crippen molar-refractivity contribution in [3.8, 4) is 11.5 Å². The summed E-state index contributed by atoms with van der Waals surface area (Å²) in [4.78, 5) is 0.556. The van der Waals surface area contributed by atoms with E-state index >= 15 is 0 Å². The average Bonchev–Trinajstić information content (AvgIpc) is 1.95. The molecule has 0 heterocycles. The Morgan fingerprint density at radius 2 is 2.20 bits per heavy atom. The third-order valence-corrected chi connectivity index (χ3v) is 1.56. The fourth-order valence-corrected chi connectivity index (χ4v) is 0.769. The molecule has 0 bridgehead atoms. The van der Waals surface area contributed by atoms with Gasteiger partial charge in [0.2, 0.25) is 0 Å². The Morgan fingerprint density at radius 1 is 1.50 bits per heavy atom. The van der Waals surface area contributed by atoms with Crippen molar-refractivity contribution in [3.05, 3.63) is 18.2 Å². The molecule has 0 spiro atoms. The molecule has 10 heavy (non-hydrogen) atoms. The largest absolute Gasteiger partial charge is 0.507 e. The molecule has 0 saturated carbocycles. The van der Waals surface area contributed by atoms with Crippen LogP contribution in [0.4, 0.5) is 0 Å². The summed E-state index contributed by atoms with van der Waals surface area (Å²) in [5.41, 5.74) is 0. The van der Waals surface area contributed by atoms with E-state index in [4.69, 9.17) is 9.84 Å². The summed E-state index contributed by atoms with van der Waals surface area (Å²) in [5, 5.41) is 9.07. The van der Waals surface area contributed by atoms with Crippen molar-refractivity contribution < 1.29 is 9.84 Å². The zero-order valence-electron chi connectivity index (χ0n) is 5.53. The van der Waals surface area contributed by atoms with Crippen LogP contribution in [0.15, 0.2) is 23.1 Å². The van der Waals surface area contributed by atoms with Gasteiger partial charge in [0.25, 0.3) is 0 Å². The van der Waals surface area contributed by atoms with E-state index < -0.39 is 0 Å². The second-order valence-corrected chi connectivity index (χ2v) is 2.34. The van der Waals surface area contributed by atoms with Crippen molar-refractivity contribution in [1.29, 1.82) is 0 Å². The Bertz CT molecular complexity index is 235. The smallest absolute Gasteiger partial charge is 0.132 e. The topological polar surface area (TPSA) is 29.5 Å². The number of methoxy groups -OCH3 is 1. The van der Waals surface area contributed by atoms with Gasteiger partial charge in [0.1, 0.15) is 11.5 Å². The molecule has 1 aromatic carbocycles. The van der Waals surface area contributed by atoms with E-state index in [0.717, 1.165) is 0 Å². The van der Waals surface area contributed by atoms with Crippen molar-refractivity contribution >= 4 is 12.6 Å². The molecule has 0 aliphatic carbocycles. The first kappa shape index (κ1) is 7.28. The zero-order chi connectivity index (χ0) is 7.56. The van der Waals surface area contributed by atoms with Gasteiger partial charge in [0, 0.05) is 11.0 Å². The van der Waals surface area contributed by atoms with Gasteiger partial charge in [0.15, 0.2) is 0 Å². The maximum atomic E-state index is 9.07. The van der Waals surface area contributed by atoms with Gasteiger partial charge >= 0.3 is 0 Å². The Balaban J connectivity index is 3.04. The average molecular weight is 156 g/mol. The van der Waals surface area contributed by atoms with E-state index in [1.165, 1.54) is 6.07 Å². The van der Waals surface area contributed by atoms with Gasteiger partial charge in [-0.25, -0.2) is 0 Å². The molecule has 2 nitrogen and oxygen atoms in total. The van der Waals surface area contributed by atoms with E-state index in [-0.39, 0.29) is 5.75 Å². The highest BCUT2D eigenvalue weighted by Crippen LogP contribution is 2.25. The zero-order valence-corrected chi connectivity index (χ0v) is 6.43. The Morgan fingerprint density at radius 3 is 2.70 bits per heavy atom. The summed E-state index contributed by atoms with van der Waals surface area (Å²) >= 11 is 3.98. The van der Waals surface area contributed by atoms with Gasteiger partial charge in [0.05, 0.1) is 7.11 Å². The first-order valence-electron chi connectivity index (χ1n) is 2.80. The highest BCUT2D eigenvalue weighted by atomic mass is 32.1. The van der Waals surface area contributed by atoms with E-state index in [2.05, 4.69) is 12.6 Å². The molecular formula is C7H8O2S. The predicted octanol–water partition coefficient (Wildman–Crippen LogP) is 1.69. The number of thiol groups is 1. The molecule has 0 aromatic heterocycles. The molecule has 3 heteroatoms. The van der Waals surface area contributed by atoms with Crippen LogP contribution in [-0.4, -0.2) is 12.2 Å². The molecule has 1 rings (SSSR count). The third-order valence-electron chi connectivity index (χ3n) is 1.18. The highest BCUT2D eigenvalue weighted by Gasteiger charge is 1.96. The molecule has 1 aromatic rings. The normalized spacial score (nSPS) is 9.40. The number of benzene rings is 1. The minimum Gasteiger partial charge on any atom is -0.507 e. The first-order chi connectivity index (χ1) is 4.74. The third kappa shape index (κ3) is 1.36. The minimum atomic E-state index is 0.141. The standard InChI is InChI=1S/C7H8O2S/c1-9-5-2-3-7(10)6(8)4-5/h2-4,8,10H,1H3. The molecule has 1 N–H and O–H groups in total. The fourth-order valence-electron chi connectivity index (χ4n) is 0.630. The van der Waals surface area contributed by atoms with E-state index in [1.807, 2.05) is 0 Å². The predicted molar refractivity (Wildman–Crippen MR) is 41.9 cm³/mol. The van der Waals surface area contributed by atoms with Gasteiger partial charge in [-0.2, -0.15) is 0 Å². The van der Waals surface area contributed by atoms with E-state index in [1.54, 1.807) is 19.2 Å². The molecule has 0 aliphatic rings. The van der Waals surface area contributed by atoms with E-state index in [0.29, 0.717) is 10.6 Å². The summed E-state index contributed by atoms with van der Waals surface area (Å²) in [6, 6.07) is 4.93. The molecule has 0 aliphatic heterocycles. The summed E-state index contributed by atoms with van der Waals surface area (Å²) < 4.78 is 4.86. The van der Waals surface area contributed by atoms with Crippen LogP contribution in [0.5, 0.6) is 11.5 Å². The summed E-state index contributed by atoms with van der Waals surface area (Å²) in [5.74, 6) is 0.776. The molecule has 0 fully saturated rings. The van der Waals surface area contributed by atoms with Crippen molar-refractivity contribution in [1.82, 2.24) is 0 Å². The summed E-state index contributed by atoms with van der Waals surface area (Å²) in [6.45, 7) is 0. The summed E-state index contributed by atoms with van der Waals surface area (Å²) in [7, 11) is 1.55. The van der Waals surface area contributed by atoms with Gasteiger partial charge < -0.3 is 9.84 Å². The van der Waals surface area contributed by atoms with Crippen LogP contribution in [0, 0.1) is 0 Å². The van der Waals surface area contributed by atoms with Crippen molar-refractivity contribution in [2.75, 3.05) is 7.11 Å². The van der Waals surface area contributed by atoms with Crippen LogP contribution in [0.2, 0.25) is 0 Å². The molecule has 0 amide bonds. The second-order valence-electron chi connectivity index (χ2n) is 1.85. The van der Waals surface area contributed by atoms with Gasteiger partial charge in [-0.15, -0.1) is 12.6 Å². The van der Waals surface area contributed by atoms with Crippen LogP contribution in [0.1, 0.15) is 0 Å². The number of aromatic hydroxyl groups is 1. The summed E-state index contributed by atoms with van der Waals surface area (Å²) in [6.07, 6.45) is 0. The fraction of sp³-hybridized carbons (Fsp3) is 0.143. The molecule has 0 saturated heterocycles. The number of hydrogen-bond acceptors (Lipinski definition) is 3. The Kier molecular flexibility index (Phi) is 2.06. The number of hydrogen-bond donors (Lipinski definition) is 2. The lowest BCUT2D eigenvalue weighted by Gasteiger charge is -2.00. The van der Waals surface area contributed by atoms with Crippen LogP contribution in [0.25, 0.3) is 0 Å². The SMILES string of the molecule is COc1ccc(S)c(O)c1. The van der Waals surface area contributed by atoms with Gasteiger partial charge in [-0.05, 0) is 12.1 Å². The van der Waals surface area contributed by atoms with Crippen molar-refractivity contribution in [2.45, 2.75) is 4.90 Å². The maximum absolute atomic E-state index is 9.07. The lowest BCUT2D eigenvalue weighted by Crippen LogP contribution is -1.81. The molecule has 0 atom stereocenters. The van der Waals surface area contributed by atoms with Crippen LogP contribution < -0.4 is 4.74 Å². The van der Waals surface area contributed by atoms with Gasteiger partial charge in [-0.1, -0.05) is 0 Å². The lowest BCUT2D eigenvalue weighted by molar-refractivity contribution is 0.405. The highest BCUT2D eigenvalue weighted by molar-refractivity contribution is 7.80. The monoisotopic (exact) mass is 156 g/mol. The Hall–Kier alpha value is -0.830. The number of phenolic OH excluding ortho intramolecular Hbond substituents is 1. The quantitative estimate of drug-likeness (QED) is 0.606. The van der Waals surface area contributed by atoms with Crippen LogP contribution in [-0.2, 0) is 0 Å². The van der Waals surface area contributed by atoms with Crippen LogP contribution >= 0.6 is 12.6 Å². The van der Waals surface area contributed by atoms with Crippen LogP contribution in [0.3, 0.4) is 0 Å². The molecule has 0 unspecified atom stereocenters. The maximum Gasteiger partial charge on any atom is 0.132 e. The lowest BCUT2D eigenvalue weighted by atomic mass is 10.3. The number of phenols is 1. The van der Waals surface area contributed by atoms with E-state index in [9.17, 15) is 0 Å². The Labute approximate surface area is 64.9 Å². The molecular weight excluding hydrogens is 148 g/mol. The molecule has 0 radical (unpaired) electrons. The van der Waals surface area contributed by atoms with Crippen molar-refractivity contribution in [2.24, 2.45) is 0 Å². The number of ether oxygens (including phenoxy) is 1. The second kappa shape index (κ2) is 2.84. The molecule has 54 valence electrons. The van der Waals surface area contributed by atoms with Gasteiger partial charge in [-0.3, -0.25) is 0 Å². The van der Waals surface area contributed by atoms with Crippen molar-refractivity contribution in [3.63, 3.8) is 0 Å².